The molecule has 0 saturated carbocycles. The number of hydrogen-bond donors (Lipinski definition) is 1. The fourth-order valence-electron chi connectivity index (χ4n) is 4.45. The van der Waals surface area contributed by atoms with Gasteiger partial charge >= 0.3 is 0 Å². The predicted molar refractivity (Wildman–Crippen MR) is 131 cm³/mol. The molecule has 34 heavy (non-hydrogen) atoms. The van der Waals surface area contributed by atoms with Crippen LogP contribution in [0.4, 0.5) is 11.4 Å². The summed E-state index contributed by atoms with van der Waals surface area (Å²) in [5.74, 6) is -1.43. The van der Waals surface area contributed by atoms with Crippen molar-refractivity contribution < 1.29 is 24.3 Å². The highest BCUT2D eigenvalue weighted by Gasteiger charge is 2.60. The summed E-state index contributed by atoms with van der Waals surface area (Å²) in [6.07, 6.45) is -1.01. The van der Waals surface area contributed by atoms with Gasteiger partial charge in [0.1, 0.15) is 5.92 Å². The number of halogens is 2. The number of fused-ring (bicyclic) bond motifs is 1. The second kappa shape index (κ2) is 8.94. The van der Waals surface area contributed by atoms with E-state index in [1.807, 2.05) is 37.3 Å². The third-order valence-corrected chi connectivity index (χ3v) is 6.72. The first-order chi connectivity index (χ1) is 16.4. The lowest BCUT2D eigenvalue weighted by molar-refractivity contribution is -0.126. The van der Waals surface area contributed by atoms with Gasteiger partial charge in [0.05, 0.1) is 28.5 Å². The van der Waals surface area contributed by atoms with Gasteiger partial charge in [-0.2, -0.15) is 0 Å². The SMILES string of the molecule is CCOc1cc([C@H]2[C@H]3C(=O)N(c4cccc(Cl)c4)C(=O)[C@@H]3ON2c2ccccc2)cc(Br)c1O. The minimum atomic E-state index is -1.01. The van der Waals surface area contributed by atoms with Gasteiger partial charge in [0.2, 0.25) is 5.91 Å². The Morgan fingerprint density at radius 2 is 1.76 bits per heavy atom. The molecule has 9 heteroatoms. The largest absolute Gasteiger partial charge is 0.503 e. The number of imide groups is 1. The standard InChI is InChI=1S/C25H20BrClN2O5/c1-2-33-19-12-14(11-18(26)22(19)30)21-20-23(34-29(21)16-8-4-3-5-9-16)25(32)28(24(20)31)17-10-6-7-15(27)13-17/h3-13,20-21,23,30H,2H2,1H3/t20-,21+,23-/m1/s1. The van der Waals surface area contributed by atoms with Crippen LogP contribution in [0.5, 0.6) is 11.5 Å². The van der Waals surface area contributed by atoms with Crippen molar-refractivity contribution in [2.24, 2.45) is 5.92 Å². The van der Waals surface area contributed by atoms with Crippen LogP contribution in [0.1, 0.15) is 18.5 Å². The van der Waals surface area contributed by atoms with E-state index in [1.165, 1.54) is 0 Å². The van der Waals surface area contributed by atoms with E-state index in [2.05, 4.69) is 15.9 Å². The van der Waals surface area contributed by atoms with Gasteiger partial charge in [0, 0.05) is 5.02 Å². The molecule has 2 heterocycles. The number of ether oxygens (including phenoxy) is 1. The smallest absolute Gasteiger partial charge is 0.266 e. The van der Waals surface area contributed by atoms with Crippen LogP contribution in [0.2, 0.25) is 5.02 Å². The van der Waals surface area contributed by atoms with Gasteiger partial charge in [-0.15, -0.1) is 0 Å². The highest BCUT2D eigenvalue weighted by Crippen LogP contribution is 2.49. The average molecular weight is 544 g/mol. The molecule has 3 aromatic carbocycles. The van der Waals surface area contributed by atoms with Crippen molar-refractivity contribution in [2.75, 3.05) is 16.6 Å². The highest BCUT2D eigenvalue weighted by atomic mass is 79.9. The minimum Gasteiger partial charge on any atom is -0.503 e. The average Bonchev–Trinajstić information content (AvgIpc) is 3.33. The number of rotatable bonds is 5. The Bertz CT molecular complexity index is 1270. The number of nitrogens with zero attached hydrogens (tertiary/aromatic N) is 2. The molecule has 2 aliphatic heterocycles. The van der Waals surface area contributed by atoms with E-state index in [9.17, 15) is 14.7 Å². The van der Waals surface area contributed by atoms with E-state index < -0.39 is 24.0 Å². The molecule has 0 unspecified atom stereocenters. The molecule has 174 valence electrons. The van der Waals surface area contributed by atoms with Crippen LogP contribution in [0.3, 0.4) is 0 Å². The Morgan fingerprint density at radius 1 is 1.03 bits per heavy atom. The lowest BCUT2D eigenvalue weighted by Crippen LogP contribution is -2.37. The van der Waals surface area contributed by atoms with Crippen LogP contribution < -0.4 is 14.7 Å². The van der Waals surface area contributed by atoms with Crippen LogP contribution in [-0.2, 0) is 14.4 Å². The summed E-state index contributed by atoms with van der Waals surface area (Å²) < 4.78 is 6.02. The Kier molecular flexibility index (Phi) is 5.97. The number of phenolic OH excluding ortho intramolecular Hbond substituents is 1. The molecule has 0 aromatic heterocycles. The Labute approximate surface area is 209 Å². The molecule has 2 amide bonds. The lowest BCUT2D eigenvalue weighted by Gasteiger charge is -2.29. The summed E-state index contributed by atoms with van der Waals surface area (Å²) in [4.78, 5) is 34.4. The van der Waals surface area contributed by atoms with Gasteiger partial charge in [-0.3, -0.25) is 14.4 Å². The third kappa shape index (κ3) is 3.72. The first kappa shape index (κ1) is 22.7. The third-order valence-electron chi connectivity index (χ3n) is 5.88. The Morgan fingerprint density at radius 3 is 2.47 bits per heavy atom. The number of anilines is 2. The molecule has 0 radical (unpaired) electrons. The normalized spacial score (nSPS) is 21.8. The molecule has 7 nitrogen and oxygen atoms in total. The second-order valence-corrected chi connectivity index (χ2v) is 9.22. The Balaban J connectivity index is 1.63. The fourth-order valence-corrected chi connectivity index (χ4v) is 5.10. The molecule has 0 bridgehead atoms. The minimum absolute atomic E-state index is 0.0401. The lowest BCUT2D eigenvalue weighted by atomic mass is 9.90. The molecule has 1 N–H and O–H groups in total. The number of carbonyl (C=O) groups excluding carboxylic acids is 2. The molecular formula is C25H20BrClN2O5. The van der Waals surface area contributed by atoms with Crippen molar-refractivity contribution in [1.82, 2.24) is 0 Å². The molecule has 0 spiro atoms. The molecule has 2 saturated heterocycles. The van der Waals surface area contributed by atoms with Crippen molar-refractivity contribution in [2.45, 2.75) is 19.1 Å². The molecule has 2 aliphatic rings. The number of benzene rings is 3. The number of carbonyl (C=O) groups is 2. The van der Waals surface area contributed by atoms with Gasteiger partial charge in [-0.25, -0.2) is 9.96 Å². The number of aromatic hydroxyl groups is 1. The molecule has 2 fully saturated rings. The first-order valence-electron chi connectivity index (χ1n) is 10.7. The van der Waals surface area contributed by atoms with Crippen molar-refractivity contribution in [3.8, 4) is 11.5 Å². The van der Waals surface area contributed by atoms with E-state index in [4.69, 9.17) is 21.2 Å². The number of hydroxylamine groups is 1. The maximum atomic E-state index is 13.7. The van der Waals surface area contributed by atoms with Crippen molar-refractivity contribution in [3.05, 3.63) is 81.8 Å². The maximum Gasteiger partial charge on any atom is 0.266 e. The van der Waals surface area contributed by atoms with Crippen molar-refractivity contribution >= 4 is 50.7 Å². The van der Waals surface area contributed by atoms with E-state index in [0.717, 1.165) is 4.90 Å². The van der Waals surface area contributed by atoms with Gasteiger partial charge < -0.3 is 9.84 Å². The van der Waals surface area contributed by atoms with Crippen molar-refractivity contribution in [3.63, 3.8) is 0 Å². The van der Waals surface area contributed by atoms with Gasteiger partial charge in [-0.05, 0) is 70.9 Å². The van der Waals surface area contributed by atoms with Crippen molar-refractivity contribution in [1.29, 1.82) is 0 Å². The fraction of sp³-hybridized carbons (Fsp3) is 0.200. The monoisotopic (exact) mass is 542 g/mol. The summed E-state index contributed by atoms with van der Waals surface area (Å²) in [5, 5.41) is 12.4. The van der Waals surface area contributed by atoms with Crippen LogP contribution >= 0.6 is 27.5 Å². The zero-order valence-electron chi connectivity index (χ0n) is 18.0. The Hall–Kier alpha value is -3.07. The molecule has 3 aromatic rings. The summed E-state index contributed by atoms with van der Waals surface area (Å²) in [7, 11) is 0. The first-order valence-corrected chi connectivity index (χ1v) is 11.9. The second-order valence-electron chi connectivity index (χ2n) is 7.93. The number of para-hydroxylation sites is 1. The van der Waals surface area contributed by atoms with E-state index in [0.29, 0.717) is 33.0 Å². The van der Waals surface area contributed by atoms with Crippen LogP contribution in [0.15, 0.2) is 71.2 Å². The zero-order chi connectivity index (χ0) is 24.0. The summed E-state index contributed by atoms with van der Waals surface area (Å²) in [6, 6.07) is 18.6. The summed E-state index contributed by atoms with van der Waals surface area (Å²) in [6.45, 7) is 2.16. The van der Waals surface area contributed by atoms with Crippen LogP contribution in [-0.4, -0.2) is 29.6 Å². The molecule has 5 rings (SSSR count). The summed E-state index contributed by atoms with van der Waals surface area (Å²) >= 11 is 9.49. The number of hydrogen-bond acceptors (Lipinski definition) is 6. The van der Waals surface area contributed by atoms with Gasteiger partial charge in [-0.1, -0.05) is 35.9 Å². The highest BCUT2D eigenvalue weighted by molar-refractivity contribution is 9.10. The van der Waals surface area contributed by atoms with Crippen LogP contribution in [0, 0.1) is 5.92 Å². The topological polar surface area (TPSA) is 79.3 Å². The molecular weight excluding hydrogens is 524 g/mol. The van der Waals surface area contributed by atoms with E-state index in [-0.39, 0.29) is 17.4 Å². The van der Waals surface area contributed by atoms with E-state index in [1.54, 1.807) is 41.5 Å². The maximum absolute atomic E-state index is 13.7. The quantitative estimate of drug-likeness (QED) is 0.443. The predicted octanol–water partition coefficient (Wildman–Crippen LogP) is 5.26. The number of phenols is 1. The molecule has 3 atom stereocenters. The van der Waals surface area contributed by atoms with Gasteiger partial charge in [0.25, 0.3) is 5.91 Å². The summed E-state index contributed by atoms with van der Waals surface area (Å²) in [5.41, 5.74) is 1.74. The number of amides is 2. The molecule has 0 aliphatic carbocycles. The van der Waals surface area contributed by atoms with Crippen LogP contribution in [0.25, 0.3) is 0 Å². The zero-order valence-corrected chi connectivity index (χ0v) is 20.4. The van der Waals surface area contributed by atoms with E-state index >= 15 is 0 Å². The van der Waals surface area contributed by atoms with Gasteiger partial charge in [0.15, 0.2) is 17.6 Å².